The fourth-order valence-corrected chi connectivity index (χ4v) is 3.56. The van der Waals surface area contributed by atoms with Crippen molar-refractivity contribution in [3.05, 3.63) is 59.2 Å². The van der Waals surface area contributed by atoms with E-state index in [1.54, 1.807) is 31.4 Å². The van der Waals surface area contributed by atoms with Crippen molar-refractivity contribution >= 4 is 0 Å². The standard InChI is InChI=1S/C20H24O6/c1-24-17-10-13(5-6-16(17)23)19-15(11-22)14-8-12(4-3-7-21)9-18(25-2)20(14)26-19/h3-6,8-10,15,18-23H,7,11H2,1-2H3/t15-,18-,19-,20+/m0/s1. The molecule has 6 heteroatoms. The zero-order valence-electron chi connectivity index (χ0n) is 14.8. The summed E-state index contributed by atoms with van der Waals surface area (Å²) >= 11 is 0. The molecule has 4 atom stereocenters. The van der Waals surface area contributed by atoms with Gasteiger partial charge >= 0.3 is 0 Å². The molecule has 0 spiro atoms. The van der Waals surface area contributed by atoms with Gasteiger partial charge in [-0.3, -0.25) is 0 Å². The Kier molecular flexibility index (Phi) is 5.78. The van der Waals surface area contributed by atoms with Gasteiger partial charge in [-0.2, -0.15) is 0 Å². The number of aromatic hydroxyl groups is 1. The van der Waals surface area contributed by atoms with Crippen LogP contribution >= 0.6 is 0 Å². The Labute approximate surface area is 152 Å². The summed E-state index contributed by atoms with van der Waals surface area (Å²) in [5, 5.41) is 28.8. The monoisotopic (exact) mass is 360 g/mol. The SMILES string of the molecule is COc1cc([C@@H]2O[C@@H]3C(=CC(C=CCO)=C[C@@H]3OC)[C@@H]2CO)ccc1O. The molecule has 0 saturated carbocycles. The predicted molar refractivity (Wildman–Crippen MR) is 96.0 cm³/mol. The zero-order valence-corrected chi connectivity index (χ0v) is 14.8. The minimum atomic E-state index is -0.377. The number of benzene rings is 1. The third-order valence-electron chi connectivity index (χ3n) is 4.82. The van der Waals surface area contributed by atoms with Gasteiger partial charge in [0.2, 0.25) is 0 Å². The topological polar surface area (TPSA) is 88.4 Å². The number of ether oxygens (including phenoxy) is 3. The van der Waals surface area contributed by atoms with Crippen LogP contribution in [0.5, 0.6) is 11.5 Å². The number of hydrogen-bond acceptors (Lipinski definition) is 6. The van der Waals surface area contributed by atoms with E-state index in [9.17, 15) is 10.2 Å². The Morgan fingerprint density at radius 1 is 1.19 bits per heavy atom. The number of aliphatic hydroxyl groups is 2. The molecule has 140 valence electrons. The van der Waals surface area contributed by atoms with Gasteiger partial charge in [0.05, 0.1) is 26.4 Å². The molecule has 1 aromatic rings. The Morgan fingerprint density at radius 2 is 2.00 bits per heavy atom. The molecule has 0 amide bonds. The van der Waals surface area contributed by atoms with E-state index in [0.717, 1.165) is 16.7 Å². The molecule has 1 aromatic carbocycles. The number of phenols is 1. The van der Waals surface area contributed by atoms with E-state index in [2.05, 4.69) is 0 Å². The Hall–Kier alpha value is -2.12. The average molecular weight is 360 g/mol. The molecule has 0 bridgehead atoms. The van der Waals surface area contributed by atoms with Crippen LogP contribution in [-0.4, -0.2) is 55.0 Å². The van der Waals surface area contributed by atoms with Gasteiger partial charge in [-0.1, -0.05) is 24.3 Å². The van der Waals surface area contributed by atoms with Crippen LogP contribution in [0.15, 0.2) is 53.6 Å². The minimum absolute atomic E-state index is 0.0442. The van der Waals surface area contributed by atoms with E-state index in [4.69, 9.17) is 19.3 Å². The van der Waals surface area contributed by atoms with Crippen molar-refractivity contribution in [2.75, 3.05) is 27.4 Å². The predicted octanol–water partition coefficient (Wildman–Crippen LogP) is 1.88. The molecular formula is C20H24O6. The molecule has 3 rings (SSSR count). The first-order chi connectivity index (χ1) is 12.6. The molecular weight excluding hydrogens is 336 g/mol. The number of methoxy groups -OCH3 is 2. The molecule has 1 heterocycles. The third-order valence-corrected chi connectivity index (χ3v) is 4.82. The van der Waals surface area contributed by atoms with E-state index in [-0.39, 0.29) is 43.2 Å². The molecule has 0 aromatic heterocycles. The van der Waals surface area contributed by atoms with E-state index in [1.807, 2.05) is 18.2 Å². The highest BCUT2D eigenvalue weighted by atomic mass is 16.5. The second kappa shape index (κ2) is 8.05. The van der Waals surface area contributed by atoms with Crippen LogP contribution in [0.4, 0.5) is 0 Å². The Bertz CT molecular complexity index is 736. The van der Waals surface area contributed by atoms with Crippen LogP contribution in [0.25, 0.3) is 0 Å². The van der Waals surface area contributed by atoms with Crippen molar-refractivity contribution in [2.24, 2.45) is 5.92 Å². The minimum Gasteiger partial charge on any atom is -0.504 e. The first-order valence-electron chi connectivity index (χ1n) is 8.49. The van der Waals surface area contributed by atoms with E-state index < -0.39 is 0 Å². The summed E-state index contributed by atoms with van der Waals surface area (Å²) in [5.41, 5.74) is 2.68. The maximum atomic E-state index is 10.0. The number of rotatable bonds is 6. The van der Waals surface area contributed by atoms with Gasteiger partial charge in [-0.25, -0.2) is 0 Å². The lowest BCUT2D eigenvalue weighted by molar-refractivity contribution is -0.0337. The molecule has 1 saturated heterocycles. The van der Waals surface area contributed by atoms with Gasteiger partial charge in [-0.15, -0.1) is 0 Å². The van der Waals surface area contributed by atoms with E-state index >= 15 is 0 Å². The molecule has 3 N–H and O–H groups in total. The third kappa shape index (κ3) is 3.41. The first kappa shape index (κ1) is 18.7. The maximum Gasteiger partial charge on any atom is 0.160 e. The molecule has 2 aliphatic rings. The zero-order chi connectivity index (χ0) is 18.7. The number of aliphatic hydroxyl groups excluding tert-OH is 2. The normalized spacial score (nSPS) is 28.0. The number of fused-ring (bicyclic) bond motifs is 1. The quantitative estimate of drug-likeness (QED) is 0.718. The highest BCUT2D eigenvalue weighted by Crippen LogP contribution is 2.47. The summed E-state index contributed by atoms with van der Waals surface area (Å²) in [6.07, 6.45) is 6.43. The van der Waals surface area contributed by atoms with E-state index in [1.165, 1.54) is 7.11 Å². The maximum absolute atomic E-state index is 10.0. The molecule has 1 fully saturated rings. The summed E-state index contributed by atoms with van der Waals surface area (Å²) in [7, 11) is 3.11. The van der Waals surface area contributed by atoms with Crippen LogP contribution in [0, 0.1) is 5.92 Å². The second-order valence-corrected chi connectivity index (χ2v) is 6.29. The van der Waals surface area contributed by atoms with Crippen molar-refractivity contribution in [2.45, 2.75) is 18.3 Å². The largest absolute Gasteiger partial charge is 0.504 e. The van der Waals surface area contributed by atoms with Crippen molar-refractivity contribution in [3.8, 4) is 11.5 Å². The highest BCUT2D eigenvalue weighted by molar-refractivity contribution is 5.47. The summed E-state index contributed by atoms with van der Waals surface area (Å²) in [6, 6.07) is 5.05. The summed E-state index contributed by atoms with van der Waals surface area (Å²) in [5.74, 6) is 0.178. The Morgan fingerprint density at radius 3 is 2.65 bits per heavy atom. The van der Waals surface area contributed by atoms with Gasteiger partial charge < -0.3 is 29.5 Å². The lowest BCUT2D eigenvalue weighted by Crippen LogP contribution is -2.30. The number of hydrogen-bond donors (Lipinski definition) is 3. The molecule has 6 nitrogen and oxygen atoms in total. The molecule has 1 aliphatic carbocycles. The van der Waals surface area contributed by atoms with Crippen molar-refractivity contribution in [1.29, 1.82) is 0 Å². The van der Waals surface area contributed by atoms with Crippen LogP contribution < -0.4 is 4.74 Å². The molecule has 1 aliphatic heterocycles. The molecule has 0 unspecified atom stereocenters. The van der Waals surface area contributed by atoms with Crippen LogP contribution in [-0.2, 0) is 9.47 Å². The number of phenolic OH excluding ortho intramolecular Hbond substituents is 1. The Balaban J connectivity index is 1.96. The second-order valence-electron chi connectivity index (χ2n) is 6.29. The van der Waals surface area contributed by atoms with Gasteiger partial charge in [-0.05, 0) is 34.9 Å². The highest BCUT2D eigenvalue weighted by Gasteiger charge is 2.45. The van der Waals surface area contributed by atoms with Gasteiger partial charge in [0.1, 0.15) is 12.2 Å². The van der Waals surface area contributed by atoms with Crippen molar-refractivity contribution in [3.63, 3.8) is 0 Å². The van der Waals surface area contributed by atoms with E-state index in [0.29, 0.717) is 5.75 Å². The summed E-state index contributed by atoms with van der Waals surface area (Å²) < 4.78 is 17.0. The van der Waals surface area contributed by atoms with Crippen LogP contribution in [0.3, 0.4) is 0 Å². The summed E-state index contributed by atoms with van der Waals surface area (Å²) in [6.45, 7) is -0.124. The average Bonchev–Trinajstić information content (AvgIpc) is 3.04. The van der Waals surface area contributed by atoms with Crippen LogP contribution in [0.2, 0.25) is 0 Å². The van der Waals surface area contributed by atoms with Crippen LogP contribution in [0.1, 0.15) is 11.7 Å². The fraction of sp³-hybridized carbons (Fsp3) is 0.400. The summed E-state index contributed by atoms with van der Waals surface area (Å²) in [4.78, 5) is 0. The van der Waals surface area contributed by atoms with Gasteiger partial charge in [0.15, 0.2) is 11.5 Å². The fourth-order valence-electron chi connectivity index (χ4n) is 3.56. The molecule has 26 heavy (non-hydrogen) atoms. The van der Waals surface area contributed by atoms with Gasteiger partial charge in [0, 0.05) is 13.0 Å². The first-order valence-corrected chi connectivity index (χ1v) is 8.49. The molecule has 0 radical (unpaired) electrons. The smallest absolute Gasteiger partial charge is 0.160 e. The number of allylic oxidation sites excluding steroid dienone is 3. The van der Waals surface area contributed by atoms with Crippen molar-refractivity contribution in [1.82, 2.24) is 0 Å². The lowest BCUT2D eigenvalue weighted by atomic mass is 9.84. The van der Waals surface area contributed by atoms with Gasteiger partial charge in [0.25, 0.3) is 0 Å². The van der Waals surface area contributed by atoms with Crippen molar-refractivity contribution < 1.29 is 29.5 Å². The lowest BCUT2D eigenvalue weighted by Gasteiger charge is -2.25.